The van der Waals surface area contributed by atoms with Crippen molar-refractivity contribution in [2.75, 3.05) is 19.7 Å². The first-order valence-corrected chi connectivity index (χ1v) is 6.90. The fraction of sp³-hybridized carbons (Fsp3) is 0.533. The van der Waals surface area contributed by atoms with E-state index in [0.29, 0.717) is 13.1 Å². The molecule has 3 N–H and O–H groups in total. The summed E-state index contributed by atoms with van der Waals surface area (Å²) in [5, 5.41) is 14.3. The summed E-state index contributed by atoms with van der Waals surface area (Å²) < 4.78 is 0. The summed E-state index contributed by atoms with van der Waals surface area (Å²) in [6.07, 6.45) is 3.50. The van der Waals surface area contributed by atoms with Crippen molar-refractivity contribution in [3.05, 3.63) is 35.4 Å². The van der Waals surface area contributed by atoms with Crippen molar-refractivity contribution in [1.29, 1.82) is 0 Å². The number of hydrogen-bond acceptors (Lipinski definition) is 2. The Kier molecular flexibility index (Phi) is 7.66. The zero-order valence-electron chi connectivity index (χ0n) is 11.6. The number of carbonyl (C=O) groups is 1. The quantitative estimate of drug-likeness (QED) is 0.629. The van der Waals surface area contributed by atoms with Crippen molar-refractivity contribution in [3.8, 4) is 0 Å². The largest absolute Gasteiger partial charge is 0.396 e. The van der Waals surface area contributed by atoms with Crippen LogP contribution in [0, 0.1) is 6.92 Å². The van der Waals surface area contributed by atoms with Gasteiger partial charge < -0.3 is 15.7 Å². The molecule has 0 atom stereocenters. The summed E-state index contributed by atoms with van der Waals surface area (Å²) in [7, 11) is 0. The summed E-state index contributed by atoms with van der Waals surface area (Å²) in [5.41, 5.74) is 2.48. The molecular weight excluding hydrogens is 240 g/mol. The number of nitrogens with one attached hydrogen (secondary N) is 2. The van der Waals surface area contributed by atoms with Crippen LogP contribution in [0.5, 0.6) is 0 Å². The van der Waals surface area contributed by atoms with Gasteiger partial charge in [-0.25, -0.2) is 4.79 Å². The highest BCUT2D eigenvalue weighted by atomic mass is 16.2. The molecule has 0 unspecified atom stereocenters. The Morgan fingerprint density at radius 3 is 2.42 bits per heavy atom. The van der Waals surface area contributed by atoms with E-state index in [1.54, 1.807) is 0 Å². The van der Waals surface area contributed by atoms with Crippen LogP contribution in [0.15, 0.2) is 24.3 Å². The monoisotopic (exact) mass is 264 g/mol. The fourth-order valence-corrected chi connectivity index (χ4v) is 1.75. The van der Waals surface area contributed by atoms with Gasteiger partial charge >= 0.3 is 6.03 Å². The van der Waals surface area contributed by atoms with E-state index in [0.717, 1.165) is 25.7 Å². The Bertz CT molecular complexity index is 363. The van der Waals surface area contributed by atoms with Crippen LogP contribution in [0.3, 0.4) is 0 Å². The van der Waals surface area contributed by atoms with Crippen LogP contribution in [-0.4, -0.2) is 30.8 Å². The van der Waals surface area contributed by atoms with Crippen LogP contribution >= 0.6 is 0 Å². The van der Waals surface area contributed by atoms with Crippen molar-refractivity contribution >= 4 is 6.03 Å². The molecule has 1 rings (SSSR count). The lowest BCUT2D eigenvalue weighted by Gasteiger charge is -2.07. The van der Waals surface area contributed by atoms with Gasteiger partial charge in [-0.2, -0.15) is 0 Å². The van der Waals surface area contributed by atoms with Crippen LogP contribution in [0.1, 0.15) is 30.4 Å². The average molecular weight is 264 g/mol. The number of aliphatic hydroxyl groups is 1. The molecular formula is C15H24N2O2. The molecule has 0 bridgehead atoms. The van der Waals surface area contributed by atoms with E-state index in [9.17, 15) is 4.79 Å². The molecule has 2 amide bonds. The van der Waals surface area contributed by atoms with Crippen LogP contribution in [0.4, 0.5) is 4.79 Å². The van der Waals surface area contributed by atoms with E-state index in [1.165, 1.54) is 11.1 Å². The molecule has 0 radical (unpaired) electrons. The maximum absolute atomic E-state index is 11.4. The predicted octanol–water partition coefficient (Wildman–Crippen LogP) is 2.00. The third-order valence-electron chi connectivity index (χ3n) is 2.94. The Morgan fingerprint density at radius 2 is 1.74 bits per heavy atom. The van der Waals surface area contributed by atoms with E-state index in [2.05, 4.69) is 41.8 Å². The van der Waals surface area contributed by atoms with Gasteiger partial charge in [0.25, 0.3) is 0 Å². The third-order valence-corrected chi connectivity index (χ3v) is 2.94. The molecule has 0 aliphatic heterocycles. The van der Waals surface area contributed by atoms with Crippen molar-refractivity contribution < 1.29 is 9.90 Å². The number of aliphatic hydroxyl groups excluding tert-OH is 1. The van der Waals surface area contributed by atoms with E-state index in [4.69, 9.17) is 5.11 Å². The van der Waals surface area contributed by atoms with Crippen LogP contribution < -0.4 is 10.6 Å². The van der Waals surface area contributed by atoms with Gasteiger partial charge in [0.15, 0.2) is 0 Å². The number of rotatable bonds is 8. The van der Waals surface area contributed by atoms with Crippen molar-refractivity contribution in [2.45, 2.75) is 32.6 Å². The Balaban J connectivity index is 2.05. The van der Waals surface area contributed by atoms with Crippen molar-refractivity contribution in [1.82, 2.24) is 10.6 Å². The molecule has 1 aromatic carbocycles. The van der Waals surface area contributed by atoms with Gasteiger partial charge in [-0.05, 0) is 38.2 Å². The van der Waals surface area contributed by atoms with Crippen molar-refractivity contribution in [2.24, 2.45) is 0 Å². The highest BCUT2D eigenvalue weighted by molar-refractivity contribution is 5.73. The number of unbranched alkanes of at least 4 members (excludes halogenated alkanes) is 2. The van der Waals surface area contributed by atoms with Crippen molar-refractivity contribution in [3.63, 3.8) is 0 Å². The van der Waals surface area contributed by atoms with Gasteiger partial charge in [0, 0.05) is 19.7 Å². The first kappa shape index (κ1) is 15.5. The molecule has 0 aliphatic carbocycles. The molecule has 19 heavy (non-hydrogen) atoms. The van der Waals surface area contributed by atoms with E-state index in [-0.39, 0.29) is 12.6 Å². The Hall–Kier alpha value is -1.55. The van der Waals surface area contributed by atoms with Gasteiger partial charge in [-0.15, -0.1) is 0 Å². The van der Waals surface area contributed by atoms with Crippen LogP contribution in [0.25, 0.3) is 0 Å². The minimum Gasteiger partial charge on any atom is -0.396 e. The minimum absolute atomic E-state index is 0.115. The van der Waals surface area contributed by atoms with E-state index < -0.39 is 0 Å². The summed E-state index contributed by atoms with van der Waals surface area (Å²) in [4.78, 5) is 11.4. The number of aryl methyl sites for hydroxylation is 1. The fourth-order valence-electron chi connectivity index (χ4n) is 1.75. The van der Waals surface area contributed by atoms with Crippen LogP contribution in [-0.2, 0) is 6.42 Å². The molecule has 1 aromatic rings. The minimum atomic E-state index is -0.115. The SMILES string of the molecule is Cc1ccc(CCNC(=O)NCCCCCO)cc1. The smallest absolute Gasteiger partial charge is 0.314 e. The van der Waals surface area contributed by atoms with Gasteiger partial charge in [0.2, 0.25) is 0 Å². The summed E-state index contributed by atoms with van der Waals surface area (Å²) in [6, 6.07) is 8.22. The maximum Gasteiger partial charge on any atom is 0.314 e. The number of hydrogen-bond donors (Lipinski definition) is 3. The normalized spacial score (nSPS) is 10.2. The summed E-state index contributed by atoms with van der Waals surface area (Å²) in [5.74, 6) is 0. The average Bonchev–Trinajstić information content (AvgIpc) is 2.41. The topological polar surface area (TPSA) is 61.4 Å². The van der Waals surface area contributed by atoms with E-state index in [1.807, 2.05) is 0 Å². The Morgan fingerprint density at radius 1 is 1.05 bits per heavy atom. The molecule has 0 aliphatic rings. The second-order valence-electron chi connectivity index (χ2n) is 4.70. The first-order chi connectivity index (χ1) is 9.22. The lowest BCUT2D eigenvalue weighted by Crippen LogP contribution is -2.37. The molecule has 0 heterocycles. The zero-order valence-corrected chi connectivity index (χ0v) is 11.6. The summed E-state index contributed by atoms with van der Waals surface area (Å²) >= 11 is 0. The number of urea groups is 1. The first-order valence-electron chi connectivity index (χ1n) is 6.90. The molecule has 4 nitrogen and oxygen atoms in total. The standard InChI is InChI=1S/C15H24N2O2/c1-13-5-7-14(8-6-13)9-11-17-15(19)16-10-3-2-4-12-18/h5-8,18H,2-4,9-12H2,1H3,(H2,16,17,19). The number of benzene rings is 1. The summed E-state index contributed by atoms with van der Waals surface area (Å²) in [6.45, 7) is 3.59. The third kappa shape index (κ3) is 7.47. The molecule has 0 aromatic heterocycles. The number of amides is 2. The number of carbonyl (C=O) groups excluding carboxylic acids is 1. The van der Waals surface area contributed by atoms with Gasteiger partial charge in [-0.3, -0.25) is 0 Å². The molecule has 0 spiro atoms. The highest BCUT2D eigenvalue weighted by Crippen LogP contribution is 2.02. The van der Waals surface area contributed by atoms with Gasteiger partial charge in [-0.1, -0.05) is 29.8 Å². The van der Waals surface area contributed by atoms with Gasteiger partial charge in [0.05, 0.1) is 0 Å². The molecule has 0 fully saturated rings. The molecule has 0 saturated carbocycles. The van der Waals surface area contributed by atoms with Gasteiger partial charge in [0.1, 0.15) is 0 Å². The Labute approximate surface area is 115 Å². The second-order valence-corrected chi connectivity index (χ2v) is 4.70. The molecule has 0 saturated heterocycles. The lowest BCUT2D eigenvalue weighted by molar-refractivity contribution is 0.240. The molecule has 4 heteroatoms. The maximum atomic E-state index is 11.4. The van der Waals surface area contributed by atoms with Crippen LogP contribution in [0.2, 0.25) is 0 Å². The lowest BCUT2D eigenvalue weighted by atomic mass is 10.1. The predicted molar refractivity (Wildman–Crippen MR) is 77.2 cm³/mol. The molecule has 106 valence electrons. The zero-order chi connectivity index (χ0) is 13.9. The van der Waals surface area contributed by atoms with E-state index >= 15 is 0 Å². The highest BCUT2D eigenvalue weighted by Gasteiger charge is 1.99. The second kappa shape index (κ2) is 9.39.